The number of nitrogens with one attached hydrogen (secondary N) is 1. The van der Waals surface area contributed by atoms with Gasteiger partial charge in [0.15, 0.2) is 0 Å². The number of methoxy groups -OCH3 is 2. The largest absolute Gasteiger partial charge is 0.465 e. The zero-order valence-electron chi connectivity index (χ0n) is 16.5. The number of hydrogen-bond donors (Lipinski definition) is 1. The molecule has 156 valence electrons. The van der Waals surface area contributed by atoms with Crippen LogP contribution in [0.4, 0.5) is 5.69 Å². The maximum absolute atomic E-state index is 13.2. The molecule has 0 amide bonds. The lowest BCUT2D eigenvalue weighted by molar-refractivity contribution is 0.0592. The molecule has 0 saturated heterocycles. The number of benzene rings is 2. The van der Waals surface area contributed by atoms with E-state index in [2.05, 4.69) is 9.46 Å². The van der Waals surface area contributed by atoms with Gasteiger partial charge in [-0.05, 0) is 36.8 Å². The molecule has 1 N–H and O–H groups in total. The topological polar surface area (TPSA) is 98.8 Å². The number of ether oxygens (including phenoxy) is 2. The minimum Gasteiger partial charge on any atom is -0.465 e. The third-order valence-corrected chi connectivity index (χ3v) is 6.86. The Morgan fingerprint density at radius 1 is 0.900 bits per heavy atom. The molecule has 0 bridgehead atoms. The highest BCUT2D eigenvalue weighted by Crippen LogP contribution is 2.37. The zero-order chi connectivity index (χ0) is 21.9. The number of sulfonamides is 1. The Morgan fingerprint density at radius 3 is 2.07 bits per heavy atom. The number of hydrogen-bond acceptors (Lipinski definition) is 7. The van der Waals surface area contributed by atoms with E-state index in [0.29, 0.717) is 11.1 Å². The van der Waals surface area contributed by atoms with Gasteiger partial charge in [-0.3, -0.25) is 4.72 Å². The maximum atomic E-state index is 13.2. The number of rotatable bonds is 6. The third-order valence-electron chi connectivity index (χ3n) is 4.31. The van der Waals surface area contributed by atoms with E-state index >= 15 is 0 Å². The summed E-state index contributed by atoms with van der Waals surface area (Å²) in [6, 6.07) is 13.1. The highest BCUT2D eigenvalue weighted by molar-refractivity contribution is 7.93. The van der Waals surface area contributed by atoms with Gasteiger partial charge < -0.3 is 9.47 Å². The minimum absolute atomic E-state index is 0.0215. The first-order valence-electron chi connectivity index (χ1n) is 8.75. The number of carbonyl (C=O) groups is 2. The molecule has 3 rings (SSSR count). The molecular formula is C21H19NO6S2. The average molecular weight is 446 g/mol. The monoisotopic (exact) mass is 445 g/mol. The highest BCUT2D eigenvalue weighted by atomic mass is 32.2. The Hall–Kier alpha value is -3.17. The van der Waals surface area contributed by atoms with Crippen molar-refractivity contribution in [1.29, 1.82) is 0 Å². The van der Waals surface area contributed by atoms with Crippen molar-refractivity contribution in [2.75, 3.05) is 18.9 Å². The summed E-state index contributed by atoms with van der Waals surface area (Å²) in [6.45, 7) is 1.93. The van der Waals surface area contributed by atoms with Gasteiger partial charge in [0.1, 0.15) is 9.77 Å². The van der Waals surface area contributed by atoms with E-state index in [9.17, 15) is 18.0 Å². The normalized spacial score (nSPS) is 11.0. The van der Waals surface area contributed by atoms with Crippen LogP contribution >= 0.6 is 11.3 Å². The molecular weight excluding hydrogens is 426 g/mol. The summed E-state index contributed by atoms with van der Waals surface area (Å²) in [7, 11) is -1.68. The smallest absolute Gasteiger partial charge is 0.349 e. The van der Waals surface area contributed by atoms with Crippen LogP contribution in [0.5, 0.6) is 0 Å². The highest BCUT2D eigenvalue weighted by Gasteiger charge is 2.30. The summed E-state index contributed by atoms with van der Waals surface area (Å²) in [6.07, 6.45) is 0. The van der Waals surface area contributed by atoms with Crippen LogP contribution < -0.4 is 4.72 Å². The van der Waals surface area contributed by atoms with Crippen LogP contribution in [0, 0.1) is 6.92 Å². The van der Waals surface area contributed by atoms with Gasteiger partial charge in [-0.2, -0.15) is 0 Å². The van der Waals surface area contributed by atoms with Crippen molar-refractivity contribution in [3.8, 4) is 11.1 Å². The molecule has 0 unspecified atom stereocenters. The second-order valence-electron chi connectivity index (χ2n) is 6.34. The maximum Gasteiger partial charge on any atom is 0.349 e. The van der Waals surface area contributed by atoms with Gasteiger partial charge in [0, 0.05) is 16.6 Å². The molecule has 0 aliphatic carbocycles. The lowest BCUT2D eigenvalue weighted by Crippen LogP contribution is -2.17. The van der Waals surface area contributed by atoms with Crippen molar-refractivity contribution in [2.24, 2.45) is 0 Å². The summed E-state index contributed by atoms with van der Waals surface area (Å²) in [5.74, 6) is -1.27. The Bertz CT molecular complexity index is 1180. The predicted molar refractivity (Wildman–Crippen MR) is 114 cm³/mol. The summed E-state index contributed by atoms with van der Waals surface area (Å²) < 4.78 is 38.3. The molecule has 0 aliphatic rings. The van der Waals surface area contributed by atoms with Crippen molar-refractivity contribution >= 4 is 39.0 Å². The van der Waals surface area contributed by atoms with E-state index in [0.717, 1.165) is 16.9 Å². The van der Waals surface area contributed by atoms with Crippen LogP contribution in [0.2, 0.25) is 0 Å². The second-order valence-corrected chi connectivity index (χ2v) is 8.84. The van der Waals surface area contributed by atoms with Gasteiger partial charge in [0.25, 0.3) is 10.0 Å². The predicted octanol–water partition coefficient (Wildman–Crippen LogP) is 4.10. The molecule has 0 spiro atoms. The van der Waals surface area contributed by atoms with Crippen molar-refractivity contribution in [2.45, 2.75) is 11.8 Å². The fourth-order valence-corrected chi connectivity index (χ4v) is 5.55. The van der Waals surface area contributed by atoms with Crippen LogP contribution in [-0.2, 0) is 19.5 Å². The molecule has 9 heteroatoms. The standard InChI is InChI=1S/C21H19NO6S2/c1-13-4-6-14(7-5-13)17-12-29-18(21(24)28-3)19(17)30(25,26)22-16-10-8-15(9-11-16)20(23)27-2/h4-12,22H,1-3H3. The van der Waals surface area contributed by atoms with Crippen LogP contribution in [0.25, 0.3) is 11.1 Å². The van der Waals surface area contributed by atoms with Crippen LogP contribution in [0.3, 0.4) is 0 Å². The van der Waals surface area contributed by atoms with E-state index in [1.807, 2.05) is 19.1 Å². The van der Waals surface area contributed by atoms with Crippen molar-refractivity contribution in [3.63, 3.8) is 0 Å². The molecule has 0 aliphatic heterocycles. The molecule has 1 aromatic heterocycles. The van der Waals surface area contributed by atoms with Gasteiger partial charge in [0.2, 0.25) is 0 Å². The Kier molecular flexibility index (Phi) is 6.23. The first-order valence-corrected chi connectivity index (χ1v) is 11.1. The van der Waals surface area contributed by atoms with Crippen LogP contribution in [-0.4, -0.2) is 34.6 Å². The fraction of sp³-hybridized carbons (Fsp3) is 0.143. The Labute approximate surface area is 178 Å². The first kappa shape index (κ1) is 21.5. The molecule has 30 heavy (non-hydrogen) atoms. The molecule has 0 radical (unpaired) electrons. The number of aryl methyl sites for hydroxylation is 1. The minimum atomic E-state index is -4.14. The molecule has 3 aromatic rings. The van der Waals surface area contributed by atoms with Crippen molar-refractivity contribution in [1.82, 2.24) is 0 Å². The van der Waals surface area contributed by atoms with E-state index in [1.165, 1.54) is 38.5 Å². The average Bonchev–Trinajstić information content (AvgIpc) is 3.19. The van der Waals surface area contributed by atoms with Crippen LogP contribution in [0.1, 0.15) is 25.6 Å². The number of anilines is 1. The molecule has 0 fully saturated rings. The van der Waals surface area contributed by atoms with Gasteiger partial charge in [-0.25, -0.2) is 18.0 Å². The van der Waals surface area contributed by atoms with E-state index in [4.69, 9.17) is 4.74 Å². The number of esters is 2. The zero-order valence-corrected chi connectivity index (χ0v) is 18.1. The summed E-state index contributed by atoms with van der Waals surface area (Å²) in [4.78, 5) is 23.6. The number of thiophene rings is 1. The van der Waals surface area contributed by atoms with Crippen molar-refractivity contribution < 1.29 is 27.5 Å². The van der Waals surface area contributed by atoms with E-state index in [-0.39, 0.29) is 21.0 Å². The van der Waals surface area contributed by atoms with Crippen LogP contribution in [0.15, 0.2) is 58.8 Å². The number of carbonyl (C=O) groups excluding carboxylic acids is 2. The van der Waals surface area contributed by atoms with Gasteiger partial charge >= 0.3 is 11.9 Å². The van der Waals surface area contributed by atoms with E-state index < -0.39 is 22.0 Å². The molecule has 7 nitrogen and oxygen atoms in total. The SMILES string of the molecule is COC(=O)c1ccc(NS(=O)(=O)c2c(-c3ccc(C)cc3)csc2C(=O)OC)cc1. The Morgan fingerprint density at radius 2 is 1.50 bits per heavy atom. The van der Waals surface area contributed by atoms with Crippen molar-refractivity contribution in [3.05, 3.63) is 69.9 Å². The summed E-state index contributed by atoms with van der Waals surface area (Å²) in [5.41, 5.74) is 2.61. The third kappa shape index (κ3) is 4.37. The quantitative estimate of drug-likeness (QED) is 0.574. The van der Waals surface area contributed by atoms with Gasteiger partial charge in [-0.1, -0.05) is 29.8 Å². The molecule has 1 heterocycles. The van der Waals surface area contributed by atoms with Gasteiger partial charge in [0.05, 0.1) is 19.8 Å². The lowest BCUT2D eigenvalue weighted by Gasteiger charge is -2.12. The molecule has 2 aromatic carbocycles. The summed E-state index contributed by atoms with van der Waals surface area (Å²) >= 11 is 1.000. The fourth-order valence-electron chi connectivity index (χ4n) is 2.78. The van der Waals surface area contributed by atoms with E-state index in [1.54, 1.807) is 17.5 Å². The molecule has 0 saturated carbocycles. The molecule has 0 atom stereocenters. The Balaban J connectivity index is 2.05. The lowest BCUT2D eigenvalue weighted by atomic mass is 10.1. The second kappa shape index (κ2) is 8.68. The summed E-state index contributed by atoms with van der Waals surface area (Å²) in [5, 5.41) is 1.62. The first-order chi connectivity index (χ1) is 14.3. The van der Waals surface area contributed by atoms with Gasteiger partial charge in [-0.15, -0.1) is 11.3 Å².